The van der Waals surface area contributed by atoms with Crippen LogP contribution in [0.2, 0.25) is 5.02 Å². The van der Waals surface area contributed by atoms with E-state index >= 15 is 0 Å². The van der Waals surface area contributed by atoms with E-state index in [1.54, 1.807) is 21.9 Å². The molecule has 0 unspecified atom stereocenters. The molecule has 0 radical (unpaired) electrons. The summed E-state index contributed by atoms with van der Waals surface area (Å²) in [6.45, 7) is 7.01. The lowest BCUT2D eigenvalue weighted by molar-refractivity contribution is 0.0688. The number of fused-ring (bicyclic) bond motifs is 2. The first-order valence-corrected chi connectivity index (χ1v) is 9.93. The largest absolute Gasteiger partial charge is 0.416 e. The second-order valence-corrected chi connectivity index (χ2v) is 8.39. The summed E-state index contributed by atoms with van der Waals surface area (Å²) in [7, 11) is 0. The summed E-state index contributed by atoms with van der Waals surface area (Å²) >= 11 is 5.84. The zero-order valence-corrected chi connectivity index (χ0v) is 17.7. The van der Waals surface area contributed by atoms with Gasteiger partial charge in [0.25, 0.3) is 0 Å². The van der Waals surface area contributed by atoms with Crippen LogP contribution in [0.1, 0.15) is 48.7 Å². The normalized spacial score (nSPS) is 13.7. The zero-order valence-electron chi connectivity index (χ0n) is 17.0. The molecule has 156 valence electrons. The maximum absolute atomic E-state index is 12.4. The molecule has 30 heavy (non-hydrogen) atoms. The first-order valence-electron chi connectivity index (χ1n) is 9.55. The Kier molecular flexibility index (Phi) is 5.29. The second-order valence-electron chi connectivity index (χ2n) is 7.98. The van der Waals surface area contributed by atoms with Gasteiger partial charge in [-0.05, 0) is 18.2 Å². The Morgan fingerprint density at radius 2 is 2.10 bits per heavy atom. The first-order chi connectivity index (χ1) is 14.3. The van der Waals surface area contributed by atoms with Gasteiger partial charge in [0.1, 0.15) is 0 Å². The molecule has 4 aromatic rings. The number of imidazole rings is 1. The van der Waals surface area contributed by atoms with Crippen molar-refractivity contribution in [3.63, 3.8) is 0 Å². The van der Waals surface area contributed by atoms with Crippen LogP contribution in [0.25, 0.3) is 5.52 Å². The number of aromatic nitrogens is 6. The highest BCUT2D eigenvalue weighted by Crippen LogP contribution is 2.22. The predicted molar refractivity (Wildman–Crippen MR) is 110 cm³/mol. The molecule has 1 amide bonds. The van der Waals surface area contributed by atoms with E-state index in [1.807, 2.05) is 45.2 Å². The van der Waals surface area contributed by atoms with Crippen LogP contribution in [-0.2, 0) is 18.4 Å². The second kappa shape index (κ2) is 7.91. The van der Waals surface area contributed by atoms with Crippen LogP contribution >= 0.6 is 11.6 Å². The van der Waals surface area contributed by atoms with Crippen molar-refractivity contribution in [3.05, 3.63) is 65.1 Å². The molecular weight excluding hydrogens is 406 g/mol. The summed E-state index contributed by atoms with van der Waals surface area (Å²) in [4.78, 5) is 21.3. The first kappa shape index (κ1) is 20.1. The fraction of sp³-hybridized carbons (Fsp3) is 0.350. The average molecular weight is 428 g/mol. The monoisotopic (exact) mass is 427 g/mol. The Balaban J connectivity index is 0.000000181. The van der Waals surface area contributed by atoms with Gasteiger partial charge >= 0.3 is 11.8 Å². The molecule has 1 N–H and O–H groups in total. The smallest absolute Gasteiger partial charge is 0.311 e. The Bertz CT molecular complexity index is 1170. The summed E-state index contributed by atoms with van der Waals surface area (Å²) in [5, 5.41) is 12.6. The molecule has 0 aliphatic carbocycles. The minimum absolute atomic E-state index is 0.0536. The number of aromatic amines is 1. The molecule has 0 saturated carbocycles. The van der Waals surface area contributed by atoms with Gasteiger partial charge in [0, 0.05) is 24.6 Å². The fourth-order valence-electron chi connectivity index (χ4n) is 3.05. The number of pyridine rings is 1. The Morgan fingerprint density at radius 1 is 1.27 bits per heavy atom. The van der Waals surface area contributed by atoms with E-state index in [-0.39, 0.29) is 17.2 Å². The summed E-state index contributed by atoms with van der Waals surface area (Å²) in [5.74, 6) is 0.297. The molecule has 5 heterocycles. The van der Waals surface area contributed by atoms with Crippen molar-refractivity contribution in [1.29, 1.82) is 0 Å². The molecular formula is C20H22ClN7O2. The topological polar surface area (TPSA) is 105 Å². The lowest BCUT2D eigenvalue weighted by Gasteiger charge is -2.24. The van der Waals surface area contributed by atoms with E-state index in [1.165, 1.54) is 0 Å². The van der Waals surface area contributed by atoms with Crippen molar-refractivity contribution < 1.29 is 9.21 Å². The third kappa shape index (κ3) is 4.06. The predicted octanol–water partition coefficient (Wildman–Crippen LogP) is 3.28. The molecule has 0 spiro atoms. The Morgan fingerprint density at radius 3 is 2.83 bits per heavy atom. The van der Waals surface area contributed by atoms with Gasteiger partial charge in [-0.2, -0.15) is 5.10 Å². The van der Waals surface area contributed by atoms with Crippen LogP contribution in [0.4, 0.5) is 0 Å². The maximum atomic E-state index is 12.4. The van der Waals surface area contributed by atoms with E-state index in [9.17, 15) is 4.79 Å². The van der Waals surface area contributed by atoms with Gasteiger partial charge in [-0.3, -0.25) is 4.79 Å². The summed E-state index contributed by atoms with van der Waals surface area (Å²) in [5.41, 5.74) is 2.68. The minimum atomic E-state index is -0.260. The van der Waals surface area contributed by atoms with Crippen molar-refractivity contribution in [1.82, 2.24) is 34.7 Å². The molecule has 4 aromatic heterocycles. The van der Waals surface area contributed by atoms with Gasteiger partial charge in [-0.1, -0.05) is 32.4 Å². The number of carbonyl (C=O) groups is 1. The van der Waals surface area contributed by atoms with Gasteiger partial charge in [-0.15, -0.1) is 10.2 Å². The molecule has 0 aromatic carbocycles. The molecule has 0 saturated heterocycles. The summed E-state index contributed by atoms with van der Waals surface area (Å²) < 4.78 is 7.23. The molecule has 1 aliphatic heterocycles. The fourth-order valence-corrected chi connectivity index (χ4v) is 3.27. The minimum Gasteiger partial charge on any atom is -0.416 e. The zero-order chi connectivity index (χ0) is 21.3. The lowest BCUT2D eigenvalue weighted by atomic mass is 9.97. The maximum Gasteiger partial charge on any atom is 0.311 e. The standard InChI is InChI=1S/C13H17N5O2.C7H5ClN2/c1-13(2,3)12-17-16-10(20-12)11(19)18-5-4-8-9(6-18)15-7-14-8;8-6-2-1-5-10-7(6)3-4-9-10/h7H,4-6H2,1-3H3,(H,14,15);1-5H. The lowest BCUT2D eigenvalue weighted by Crippen LogP contribution is -2.36. The molecule has 1 aliphatic rings. The number of nitrogens with one attached hydrogen (secondary N) is 1. The third-order valence-corrected chi connectivity index (χ3v) is 5.02. The van der Waals surface area contributed by atoms with Crippen molar-refractivity contribution in [2.45, 2.75) is 39.2 Å². The van der Waals surface area contributed by atoms with Crippen LogP contribution in [0.3, 0.4) is 0 Å². The number of hydrogen-bond acceptors (Lipinski definition) is 6. The highest BCUT2D eigenvalue weighted by molar-refractivity contribution is 6.33. The number of nitrogens with zero attached hydrogens (tertiary/aromatic N) is 6. The number of rotatable bonds is 1. The van der Waals surface area contributed by atoms with Crippen molar-refractivity contribution in [2.75, 3.05) is 6.54 Å². The van der Waals surface area contributed by atoms with Crippen molar-refractivity contribution in [3.8, 4) is 0 Å². The number of hydrogen-bond donors (Lipinski definition) is 1. The average Bonchev–Trinajstić information content (AvgIpc) is 3.46. The number of carbonyl (C=O) groups excluding carboxylic acids is 1. The van der Waals surface area contributed by atoms with E-state index in [0.717, 1.165) is 28.3 Å². The SMILES string of the molecule is CC(C)(C)c1nnc(C(=O)N2CCc3nc[nH]c3C2)o1.Clc1cccn2nccc12. The molecule has 9 nitrogen and oxygen atoms in total. The molecule has 10 heteroatoms. The van der Waals surface area contributed by atoms with Crippen molar-refractivity contribution in [2.24, 2.45) is 0 Å². The van der Waals surface area contributed by atoms with Crippen LogP contribution in [0.5, 0.6) is 0 Å². The molecule has 0 fully saturated rings. The summed E-state index contributed by atoms with van der Waals surface area (Å²) in [6.07, 6.45) is 5.98. The molecule has 0 atom stereocenters. The number of halogens is 1. The van der Waals surface area contributed by atoms with Crippen LogP contribution in [0.15, 0.2) is 41.3 Å². The van der Waals surface area contributed by atoms with Gasteiger partial charge < -0.3 is 14.3 Å². The van der Waals surface area contributed by atoms with Gasteiger partial charge in [0.2, 0.25) is 5.89 Å². The number of amides is 1. The van der Waals surface area contributed by atoms with Gasteiger partial charge in [0.15, 0.2) is 0 Å². The van der Waals surface area contributed by atoms with Crippen LogP contribution in [-0.4, -0.2) is 47.1 Å². The third-order valence-electron chi connectivity index (χ3n) is 4.70. The van der Waals surface area contributed by atoms with Crippen molar-refractivity contribution >= 4 is 23.0 Å². The molecule has 5 rings (SSSR count). The van der Waals surface area contributed by atoms with Crippen LogP contribution in [0, 0.1) is 0 Å². The van der Waals surface area contributed by atoms with Gasteiger partial charge in [0.05, 0.1) is 41.0 Å². The van der Waals surface area contributed by atoms with E-state index in [2.05, 4.69) is 25.3 Å². The van der Waals surface area contributed by atoms with Gasteiger partial charge in [-0.25, -0.2) is 9.50 Å². The number of H-pyrrole nitrogens is 1. The van der Waals surface area contributed by atoms with E-state index < -0.39 is 0 Å². The van der Waals surface area contributed by atoms with E-state index in [0.29, 0.717) is 19.0 Å². The Labute approximate surface area is 178 Å². The van der Waals surface area contributed by atoms with Crippen LogP contribution < -0.4 is 0 Å². The van der Waals surface area contributed by atoms with E-state index in [4.69, 9.17) is 16.0 Å². The summed E-state index contributed by atoms with van der Waals surface area (Å²) in [6, 6.07) is 5.59. The quantitative estimate of drug-likeness (QED) is 0.499. The highest BCUT2D eigenvalue weighted by atomic mass is 35.5. The molecule has 0 bridgehead atoms. The Hall–Kier alpha value is -3.20. The highest BCUT2D eigenvalue weighted by Gasteiger charge is 2.29.